The average Bonchev–Trinajstić information content (AvgIpc) is 3.10. The molecule has 0 bridgehead atoms. The molecule has 0 atom stereocenters. The zero-order valence-electron chi connectivity index (χ0n) is 13.0. The summed E-state index contributed by atoms with van der Waals surface area (Å²) in [5, 5.41) is 1.76. The highest BCUT2D eigenvalue weighted by atomic mass is 32.2. The van der Waals surface area contributed by atoms with Crippen molar-refractivity contribution in [2.75, 3.05) is 38.1 Å². The van der Waals surface area contributed by atoms with Gasteiger partial charge in [-0.2, -0.15) is 0 Å². The molecule has 23 heavy (non-hydrogen) atoms. The maximum atomic E-state index is 12.3. The van der Waals surface area contributed by atoms with E-state index < -0.39 is 10.0 Å². The lowest BCUT2D eigenvalue weighted by Gasteiger charge is -2.34. The van der Waals surface area contributed by atoms with Crippen LogP contribution in [0.25, 0.3) is 0 Å². The Morgan fingerprint density at radius 2 is 2.00 bits per heavy atom. The predicted octanol–water partition coefficient (Wildman–Crippen LogP) is 1.37. The second kappa shape index (κ2) is 6.96. The fourth-order valence-electron chi connectivity index (χ4n) is 2.53. The molecule has 0 unspecified atom stereocenters. The van der Waals surface area contributed by atoms with Crippen molar-refractivity contribution in [2.24, 2.45) is 0 Å². The van der Waals surface area contributed by atoms with Crippen LogP contribution in [-0.4, -0.2) is 51.5 Å². The molecule has 124 valence electrons. The summed E-state index contributed by atoms with van der Waals surface area (Å²) in [5.74, 6) is 0.870. The molecule has 1 fully saturated rings. The van der Waals surface area contributed by atoms with Gasteiger partial charge in [0.15, 0.2) is 0 Å². The predicted molar refractivity (Wildman–Crippen MR) is 92.3 cm³/mol. The van der Waals surface area contributed by atoms with Crippen LogP contribution >= 0.6 is 11.3 Å². The van der Waals surface area contributed by atoms with Gasteiger partial charge in [0.05, 0.1) is 0 Å². The number of thiophene rings is 1. The van der Waals surface area contributed by atoms with Gasteiger partial charge in [-0.1, -0.05) is 12.1 Å². The zero-order chi connectivity index (χ0) is 16.3. The maximum Gasteiger partial charge on any atom is 0.250 e. The summed E-state index contributed by atoms with van der Waals surface area (Å²) >= 11 is 1.22. The van der Waals surface area contributed by atoms with Crippen LogP contribution < -0.4 is 9.62 Å². The lowest BCUT2D eigenvalue weighted by Crippen LogP contribution is -2.45. The number of likely N-dealkylation sites (N-methyl/N-ethyl adjacent to an activating group) is 1. The van der Waals surface area contributed by atoms with E-state index in [0.717, 1.165) is 37.6 Å². The van der Waals surface area contributed by atoms with Crippen LogP contribution in [-0.2, 0) is 16.6 Å². The molecular weight excluding hydrogens is 332 g/mol. The molecule has 0 aliphatic carbocycles. The molecular formula is C15H20N4O2S2. The number of hydrogen-bond acceptors (Lipinski definition) is 6. The largest absolute Gasteiger partial charge is 0.354 e. The molecule has 2 aromatic rings. The zero-order valence-corrected chi connectivity index (χ0v) is 14.6. The van der Waals surface area contributed by atoms with Gasteiger partial charge in [0.1, 0.15) is 10.0 Å². The molecule has 1 N–H and O–H groups in total. The second-order valence-corrected chi connectivity index (χ2v) is 8.47. The summed E-state index contributed by atoms with van der Waals surface area (Å²) in [4.78, 5) is 8.96. The normalized spacial score (nSPS) is 16.7. The third-order valence-electron chi connectivity index (χ3n) is 3.88. The average molecular weight is 352 g/mol. The minimum atomic E-state index is -3.46. The van der Waals surface area contributed by atoms with E-state index in [9.17, 15) is 8.42 Å². The second-order valence-electron chi connectivity index (χ2n) is 5.53. The highest BCUT2D eigenvalue weighted by molar-refractivity contribution is 7.91. The van der Waals surface area contributed by atoms with Gasteiger partial charge in [-0.15, -0.1) is 11.3 Å². The Morgan fingerprint density at radius 3 is 2.70 bits per heavy atom. The van der Waals surface area contributed by atoms with Crippen LogP contribution in [0.15, 0.2) is 40.1 Å². The Bertz CT molecular complexity index is 739. The van der Waals surface area contributed by atoms with Crippen molar-refractivity contribution >= 4 is 27.2 Å². The summed E-state index contributed by atoms with van der Waals surface area (Å²) < 4.78 is 27.5. The number of pyridine rings is 1. The highest BCUT2D eigenvalue weighted by Gasteiger charge is 2.20. The molecule has 8 heteroatoms. The minimum Gasteiger partial charge on any atom is -0.354 e. The van der Waals surface area contributed by atoms with Crippen molar-refractivity contribution in [1.82, 2.24) is 14.6 Å². The molecule has 0 saturated carbocycles. The number of sulfonamides is 1. The molecule has 3 rings (SSSR count). The van der Waals surface area contributed by atoms with Gasteiger partial charge in [0.25, 0.3) is 0 Å². The molecule has 0 amide bonds. The van der Waals surface area contributed by atoms with Gasteiger partial charge in [-0.3, -0.25) is 0 Å². The van der Waals surface area contributed by atoms with Gasteiger partial charge >= 0.3 is 0 Å². The first kappa shape index (κ1) is 16.4. The van der Waals surface area contributed by atoms with Crippen LogP contribution in [0.2, 0.25) is 0 Å². The van der Waals surface area contributed by atoms with Crippen molar-refractivity contribution in [3.8, 4) is 0 Å². The number of anilines is 1. The molecule has 2 aromatic heterocycles. The van der Waals surface area contributed by atoms with E-state index >= 15 is 0 Å². The van der Waals surface area contributed by atoms with E-state index in [0.29, 0.717) is 4.21 Å². The van der Waals surface area contributed by atoms with Crippen LogP contribution in [0.5, 0.6) is 0 Å². The number of rotatable bonds is 5. The molecule has 0 spiro atoms. The molecule has 1 aliphatic rings. The maximum absolute atomic E-state index is 12.3. The van der Waals surface area contributed by atoms with E-state index in [1.807, 2.05) is 12.1 Å². The first-order valence-electron chi connectivity index (χ1n) is 7.47. The summed E-state index contributed by atoms with van der Waals surface area (Å²) in [6.07, 6.45) is 1.75. The smallest absolute Gasteiger partial charge is 0.250 e. The first-order chi connectivity index (χ1) is 11.1. The quantitative estimate of drug-likeness (QED) is 0.880. The Morgan fingerprint density at radius 1 is 1.22 bits per heavy atom. The van der Waals surface area contributed by atoms with Crippen molar-refractivity contribution in [3.05, 3.63) is 41.4 Å². The molecule has 0 radical (unpaired) electrons. The Balaban J connectivity index is 1.74. The van der Waals surface area contributed by atoms with Gasteiger partial charge in [0, 0.05) is 44.5 Å². The van der Waals surface area contributed by atoms with Gasteiger partial charge in [-0.05, 0) is 24.6 Å². The monoisotopic (exact) mass is 352 g/mol. The topological polar surface area (TPSA) is 65.5 Å². The first-order valence-corrected chi connectivity index (χ1v) is 9.83. The number of nitrogens with one attached hydrogen (secondary N) is 1. The lowest BCUT2D eigenvalue weighted by molar-refractivity contribution is 0.312. The summed E-state index contributed by atoms with van der Waals surface area (Å²) in [6, 6.07) is 7.11. The fourth-order valence-corrected chi connectivity index (χ4v) is 4.58. The molecule has 6 nitrogen and oxygen atoms in total. The number of nitrogens with zero attached hydrogens (tertiary/aromatic N) is 3. The van der Waals surface area contributed by atoms with Crippen LogP contribution in [0.1, 0.15) is 5.56 Å². The van der Waals surface area contributed by atoms with E-state index in [4.69, 9.17) is 0 Å². The Kier molecular flexibility index (Phi) is 4.96. The number of aromatic nitrogens is 1. The van der Waals surface area contributed by atoms with Crippen LogP contribution in [0, 0.1) is 0 Å². The Labute approximate surface area is 140 Å². The van der Waals surface area contributed by atoms with Crippen LogP contribution in [0.4, 0.5) is 5.82 Å². The Hall–Kier alpha value is -1.48. The van der Waals surface area contributed by atoms with Crippen LogP contribution in [0.3, 0.4) is 0 Å². The summed E-state index contributed by atoms with van der Waals surface area (Å²) in [7, 11) is -1.35. The number of piperazine rings is 1. The molecule has 3 heterocycles. The molecule has 0 aromatic carbocycles. The van der Waals surface area contributed by atoms with Crippen molar-refractivity contribution < 1.29 is 8.42 Å². The third kappa shape index (κ3) is 3.89. The van der Waals surface area contributed by atoms with Gasteiger partial charge in [0.2, 0.25) is 10.0 Å². The van der Waals surface area contributed by atoms with E-state index in [1.165, 1.54) is 11.3 Å². The third-order valence-corrected chi connectivity index (χ3v) is 6.68. The highest BCUT2D eigenvalue weighted by Crippen LogP contribution is 2.20. The van der Waals surface area contributed by atoms with Crippen molar-refractivity contribution in [1.29, 1.82) is 0 Å². The van der Waals surface area contributed by atoms with Gasteiger partial charge < -0.3 is 9.80 Å². The summed E-state index contributed by atoms with van der Waals surface area (Å²) in [6.45, 7) is 4.01. The SMILES string of the molecule is CN1CCN(c2ncccc2CNS(=O)(=O)c2cccs2)CC1. The number of hydrogen-bond donors (Lipinski definition) is 1. The van der Waals surface area contributed by atoms with Crippen molar-refractivity contribution in [2.45, 2.75) is 10.8 Å². The standard InChI is InChI=1S/C15H20N4O2S2/c1-18-7-9-19(10-8-18)15-13(4-2-6-16-15)12-17-23(20,21)14-5-3-11-22-14/h2-6,11,17H,7-10,12H2,1H3. The minimum absolute atomic E-state index is 0.246. The fraction of sp³-hybridized carbons (Fsp3) is 0.400. The summed E-state index contributed by atoms with van der Waals surface area (Å²) in [5.41, 5.74) is 0.900. The van der Waals surface area contributed by atoms with E-state index in [-0.39, 0.29) is 6.54 Å². The van der Waals surface area contributed by atoms with Gasteiger partial charge in [-0.25, -0.2) is 18.1 Å². The van der Waals surface area contributed by atoms with E-state index in [2.05, 4.69) is 26.6 Å². The lowest BCUT2D eigenvalue weighted by atomic mass is 10.2. The van der Waals surface area contributed by atoms with E-state index in [1.54, 1.807) is 23.7 Å². The molecule has 1 aliphatic heterocycles. The van der Waals surface area contributed by atoms with Crippen molar-refractivity contribution in [3.63, 3.8) is 0 Å². The molecule has 1 saturated heterocycles.